The number of nitrogens with one attached hydrogen (secondary N) is 2. The quantitative estimate of drug-likeness (QED) is 0.0751. The number of hydrogen-bond donors (Lipinski definition) is 6. The first-order valence-corrected chi connectivity index (χ1v) is 28.2. The van der Waals surface area contributed by atoms with Crippen molar-refractivity contribution >= 4 is 34.0 Å². The number of aliphatic hydroxyl groups is 1. The standard InChI is InChI=1S/C66H72N4O10/c1-40-11-5-6-21-65(40)24-18-52(79-42(3)72)33-50(75)34-57(45-29-59(76)63(60(30-45)78-4)80-51-15-10-14-49(74)32-51)70-39-55-56(17-16-53-62(55)58(70)36-66(64(53)77)22-7-8-23-66)69(26-20-41(2)71)61-31-44(19-25-68-61)54(43-12-9-13-48(73)27-43)28-46-37-67-38-47(46)35-65/h5-6,9-17,19,21,27,29-32,37-40,52,54,57,64,67-68,73-74,76-77H,7-8,18,20,22-26,28,33-36H2,1-4H3. The SMILES string of the molecule is COc1cc(C2CC(=O)CC(OC(C)=O)CCC3(C=CC=CC3C)Cc3c[nH]cc3CC(c3cccc(O)c3)C3=CCNC(=C3)N(CCC(C)=O)c3ccc4c5c(n2cc35)CC2(CCCC2)C4O)cc(O)c1Oc1cccc(O)c1. The van der Waals surface area contributed by atoms with E-state index in [1.165, 1.54) is 26.2 Å². The number of ether oxygens (including phenoxy) is 3. The summed E-state index contributed by atoms with van der Waals surface area (Å²) in [6.45, 7) is 6.01. The molecule has 14 heteroatoms. The van der Waals surface area contributed by atoms with E-state index < -0.39 is 35.0 Å². The third-order valence-corrected chi connectivity index (χ3v) is 17.9. The Morgan fingerprint density at radius 3 is 2.40 bits per heavy atom. The second-order valence-corrected chi connectivity index (χ2v) is 23.0. The van der Waals surface area contributed by atoms with Crippen molar-refractivity contribution in [3.63, 3.8) is 0 Å². The van der Waals surface area contributed by atoms with Crippen LogP contribution < -0.4 is 19.7 Å². The van der Waals surface area contributed by atoms with Crippen LogP contribution in [0, 0.1) is 16.7 Å². The lowest BCUT2D eigenvalue weighted by Crippen LogP contribution is -2.36. The van der Waals surface area contributed by atoms with Gasteiger partial charge in [-0.2, -0.15) is 0 Å². The number of aromatic amines is 1. The molecule has 14 nitrogen and oxygen atoms in total. The number of aliphatic hydroxyl groups excluding tert-OH is 1. The van der Waals surface area contributed by atoms with Crippen LogP contribution in [0.4, 0.5) is 5.69 Å². The molecule has 3 aliphatic carbocycles. The third-order valence-electron chi connectivity index (χ3n) is 17.9. The molecule has 6 unspecified atom stereocenters. The number of nitrogens with zero attached hydrogens (tertiary/aromatic N) is 2. The number of carbonyl (C=O) groups is 3. The van der Waals surface area contributed by atoms with E-state index in [1.807, 2.05) is 18.2 Å². The molecule has 0 amide bonds. The first-order chi connectivity index (χ1) is 38.6. The van der Waals surface area contributed by atoms with E-state index in [-0.39, 0.29) is 77.2 Å². The van der Waals surface area contributed by atoms with Crippen molar-refractivity contribution in [3.8, 4) is 34.5 Å². The van der Waals surface area contributed by atoms with Crippen LogP contribution in [0.25, 0.3) is 10.8 Å². The molecule has 4 aromatic carbocycles. The van der Waals surface area contributed by atoms with Crippen molar-refractivity contribution in [2.45, 2.75) is 122 Å². The first kappa shape index (κ1) is 54.0. The van der Waals surface area contributed by atoms with Crippen LogP contribution in [-0.2, 0) is 38.4 Å². The number of ketones is 2. The second-order valence-electron chi connectivity index (χ2n) is 23.0. The zero-order valence-corrected chi connectivity index (χ0v) is 46.0. The minimum absolute atomic E-state index is 0.0177. The van der Waals surface area contributed by atoms with Gasteiger partial charge in [0, 0.05) is 91.7 Å². The van der Waals surface area contributed by atoms with Crippen molar-refractivity contribution in [2.75, 3.05) is 25.1 Å². The van der Waals surface area contributed by atoms with E-state index in [4.69, 9.17) is 14.2 Å². The number of dihydropyridines is 1. The number of esters is 1. The van der Waals surface area contributed by atoms with Crippen LogP contribution in [0.5, 0.6) is 34.5 Å². The highest BCUT2D eigenvalue weighted by Gasteiger charge is 2.47. The molecule has 1 fully saturated rings. The predicted octanol–water partition coefficient (Wildman–Crippen LogP) is 12.2. The number of allylic oxidation sites excluding steroid dienone is 6. The molecule has 2 spiro atoms. The van der Waals surface area contributed by atoms with Gasteiger partial charge in [0.05, 0.1) is 24.9 Å². The van der Waals surface area contributed by atoms with Crippen molar-refractivity contribution in [2.24, 2.45) is 16.7 Å². The lowest BCUT2D eigenvalue weighted by molar-refractivity contribution is -0.148. The monoisotopic (exact) mass is 1080 g/mol. The number of aromatic hydroxyl groups is 3. The number of phenolic OH excluding ortho intramolecular Hbond substituents is 3. The Kier molecular flexibility index (Phi) is 15.0. The van der Waals surface area contributed by atoms with E-state index in [0.717, 1.165) is 81.5 Å². The average Bonchev–Trinajstić information content (AvgIpc) is 3.18. The lowest BCUT2D eigenvalue weighted by Gasteiger charge is -2.40. The fraction of sp³-hybridized carbons (Fsp3) is 0.379. The third kappa shape index (κ3) is 10.6. The number of carbonyl (C=O) groups excluding carboxylic acids is 3. The van der Waals surface area contributed by atoms with Crippen LogP contribution in [0.3, 0.4) is 0 Å². The highest BCUT2D eigenvalue weighted by atomic mass is 16.5. The van der Waals surface area contributed by atoms with Crippen molar-refractivity contribution in [1.29, 1.82) is 0 Å². The molecule has 6 atom stereocenters. The van der Waals surface area contributed by atoms with Crippen molar-refractivity contribution < 1.29 is 49.0 Å². The fourth-order valence-electron chi connectivity index (χ4n) is 13.7. The Morgan fingerprint density at radius 2 is 1.65 bits per heavy atom. The molecule has 11 rings (SSSR count). The summed E-state index contributed by atoms with van der Waals surface area (Å²) < 4.78 is 20.4. The molecule has 6 aromatic rings. The van der Waals surface area contributed by atoms with Gasteiger partial charge in [-0.15, -0.1) is 0 Å². The molecule has 5 aliphatic rings. The summed E-state index contributed by atoms with van der Waals surface area (Å²) in [6.07, 6.45) is 24.2. The predicted molar refractivity (Wildman–Crippen MR) is 307 cm³/mol. The van der Waals surface area contributed by atoms with E-state index in [0.29, 0.717) is 50.8 Å². The smallest absolute Gasteiger partial charge is 0.302 e. The zero-order chi connectivity index (χ0) is 55.9. The molecule has 2 aromatic heterocycles. The molecule has 80 heavy (non-hydrogen) atoms. The molecule has 416 valence electrons. The summed E-state index contributed by atoms with van der Waals surface area (Å²) >= 11 is 0. The van der Waals surface area contributed by atoms with Crippen molar-refractivity contribution in [1.82, 2.24) is 14.9 Å². The molecular weight excluding hydrogens is 1010 g/mol. The fourth-order valence-corrected chi connectivity index (χ4v) is 13.7. The summed E-state index contributed by atoms with van der Waals surface area (Å²) in [7, 11) is 1.48. The summed E-state index contributed by atoms with van der Waals surface area (Å²) in [5, 5.41) is 51.4. The molecule has 6 N–H and O–H groups in total. The molecule has 4 bridgehead atoms. The number of benzene rings is 4. The minimum Gasteiger partial charge on any atom is -0.508 e. The largest absolute Gasteiger partial charge is 0.508 e. The number of phenols is 3. The van der Waals surface area contributed by atoms with Crippen LogP contribution in [-0.4, -0.2) is 73.8 Å². The number of fused-ring (bicyclic) bond motifs is 4. The number of Topliss-reactive ketones (excluding diaryl/α,β-unsaturated/α-hetero) is 2. The number of aromatic nitrogens is 2. The summed E-state index contributed by atoms with van der Waals surface area (Å²) in [5.41, 5.74) is 6.47. The highest BCUT2D eigenvalue weighted by Crippen LogP contribution is 2.57. The Labute approximate surface area is 467 Å². The van der Waals surface area contributed by atoms with E-state index >= 15 is 4.79 Å². The zero-order valence-electron chi connectivity index (χ0n) is 46.0. The topological polar surface area (TPSA) is 196 Å². The Balaban J connectivity index is 1.13. The maximum atomic E-state index is 15.3. The molecule has 2 aliphatic heterocycles. The van der Waals surface area contributed by atoms with Gasteiger partial charge < -0.3 is 54.4 Å². The Hall–Kier alpha value is -7.97. The Morgan fingerprint density at radius 1 is 0.863 bits per heavy atom. The van der Waals surface area contributed by atoms with Gasteiger partial charge in [0.15, 0.2) is 11.5 Å². The van der Waals surface area contributed by atoms with Gasteiger partial charge in [-0.25, -0.2) is 0 Å². The van der Waals surface area contributed by atoms with Crippen LogP contribution in [0.2, 0.25) is 0 Å². The number of hydrogen-bond acceptors (Lipinski definition) is 12. The number of rotatable bonds is 9. The van der Waals surface area contributed by atoms with Gasteiger partial charge in [0.25, 0.3) is 0 Å². The van der Waals surface area contributed by atoms with Gasteiger partial charge in [-0.05, 0) is 145 Å². The maximum Gasteiger partial charge on any atom is 0.302 e. The molecular formula is C66H72N4O10. The number of H-pyrrole nitrogens is 1. The Bertz CT molecular complexity index is 3480. The summed E-state index contributed by atoms with van der Waals surface area (Å²) in [5.74, 6) is 0.469. The van der Waals surface area contributed by atoms with Gasteiger partial charge in [-0.1, -0.05) is 74.4 Å². The van der Waals surface area contributed by atoms with E-state index in [9.17, 15) is 30.0 Å². The molecule has 0 radical (unpaired) electrons. The molecule has 4 heterocycles. The second kappa shape index (κ2) is 22.3. The van der Waals surface area contributed by atoms with Gasteiger partial charge in [0.1, 0.15) is 40.7 Å². The highest BCUT2D eigenvalue weighted by molar-refractivity contribution is 6.00. The molecule has 1 saturated carbocycles. The van der Waals surface area contributed by atoms with Crippen molar-refractivity contribution in [3.05, 3.63) is 173 Å². The average molecular weight is 1080 g/mol. The van der Waals surface area contributed by atoms with Gasteiger partial charge >= 0.3 is 5.97 Å². The maximum absolute atomic E-state index is 15.3. The first-order valence-electron chi connectivity index (χ1n) is 28.2. The van der Waals surface area contributed by atoms with E-state index in [1.54, 1.807) is 37.3 Å². The van der Waals surface area contributed by atoms with Crippen LogP contribution >= 0.6 is 0 Å². The van der Waals surface area contributed by atoms with Crippen LogP contribution in [0.1, 0.15) is 130 Å². The number of anilines is 1. The molecule has 0 saturated heterocycles. The van der Waals surface area contributed by atoms with Gasteiger partial charge in [-0.3, -0.25) is 14.4 Å². The summed E-state index contributed by atoms with van der Waals surface area (Å²) in [4.78, 5) is 47.1. The lowest BCUT2D eigenvalue weighted by atomic mass is 9.66. The van der Waals surface area contributed by atoms with Gasteiger partial charge in [0.2, 0.25) is 5.75 Å². The minimum atomic E-state index is -0.764. The summed E-state index contributed by atoms with van der Waals surface area (Å²) in [6, 6.07) is 20.4. The van der Waals surface area contributed by atoms with E-state index in [2.05, 4.69) is 93.9 Å². The van der Waals surface area contributed by atoms with Crippen LogP contribution in [0.15, 0.2) is 139 Å². The normalized spacial score (nSPS) is 23.7. The number of methoxy groups -OCH3 is 1.